The van der Waals surface area contributed by atoms with Crippen molar-refractivity contribution >= 4 is 22.6 Å². The number of ether oxygens (including phenoxy) is 1. The predicted molar refractivity (Wildman–Crippen MR) is 123 cm³/mol. The molecule has 0 amide bonds. The van der Waals surface area contributed by atoms with Gasteiger partial charge in [-0.3, -0.25) is 9.36 Å². The number of fused-ring (bicyclic) bond motifs is 2. The van der Waals surface area contributed by atoms with Crippen molar-refractivity contribution in [2.24, 2.45) is 0 Å². The molecule has 1 aliphatic rings. The van der Waals surface area contributed by atoms with Crippen LogP contribution in [-0.4, -0.2) is 40.7 Å². The smallest absolute Gasteiger partial charge is 0.261 e. The normalized spacial score (nSPS) is 14.6. The van der Waals surface area contributed by atoms with Gasteiger partial charge in [-0.2, -0.15) is 0 Å². The first kappa shape index (κ1) is 20.4. The molecule has 5 heteroatoms. The van der Waals surface area contributed by atoms with Gasteiger partial charge < -0.3 is 9.64 Å². The molecule has 0 unspecified atom stereocenters. The van der Waals surface area contributed by atoms with Crippen LogP contribution in [0.15, 0.2) is 53.3 Å². The van der Waals surface area contributed by atoms with E-state index in [0.717, 1.165) is 67.3 Å². The van der Waals surface area contributed by atoms with Crippen molar-refractivity contribution in [3.05, 3.63) is 70.3 Å². The number of hydrogen-bond acceptors (Lipinski definition) is 4. The lowest BCUT2D eigenvalue weighted by molar-refractivity contribution is 0.249. The van der Waals surface area contributed by atoms with Crippen LogP contribution in [-0.2, 0) is 6.54 Å². The second kappa shape index (κ2) is 9.26. The van der Waals surface area contributed by atoms with Crippen LogP contribution in [0, 0.1) is 0 Å². The maximum Gasteiger partial charge on any atom is 0.261 e. The van der Waals surface area contributed by atoms with Crippen molar-refractivity contribution in [2.75, 3.05) is 26.2 Å². The summed E-state index contributed by atoms with van der Waals surface area (Å²) in [7, 11) is 0. The number of nitrogens with zero attached hydrogens (tertiary/aromatic N) is 3. The highest BCUT2D eigenvalue weighted by Gasteiger charge is 2.20. The van der Waals surface area contributed by atoms with Crippen LogP contribution >= 0.6 is 0 Å². The standard InChI is InChI=1S/C25H29N3O2/c1-3-27(4-2)15-7-17-30-21-12-10-19(11-13-21)18-20-14-16-28-24(20)26-23-9-6-5-8-22(23)25(28)29/h5-6,8-13,18H,3-4,7,14-17H2,1-2H3/b20-18+. The summed E-state index contributed by atoms with van der Waals surface area (Å²) in [5, 5.41) is 0.685. The Kier molecular flexibility index (Phi) is 6.29. The third-order valence-electron chi connectivity index (χ3n) is 5.76. The van der Waals surface area contributed by atoms with Gasteiger partial charge in [0.05, 0.1) is 17.5 Å². The predicted octanol–water partition coefficient (Wildman–Crippen LogP) is 4.45. The van der Waals surface area contributed by atoms with Gasteiger partial charge in [0.2, 0.25) is 0 Å². The van der Waals surface area contributed by atoms with Gasteiger partial charge in [-0.1, -0.05) is 38.1 Å². The highest BCUT2D eigenvalue weighted by atomic mass is 16.5. The van der Waals surface area contributed by atoms with E-state index in [2.05, 4.69) is 37.0 Å². The Labute approximate surface area is 177 Å². The molecule has 1 aliphatic heterocycles. The molecule has 4 rings (SSSR count). The summed E-state index contributed by atoms with van der Waals surface area (Å²) in [6, 6.07) is 15.7. The minimum Gasteiger partial charge on any atom is -0.494 e. The highest BCUT2D eigenvalue weighted by Crippen LogP contribution is 2.28. The fourth-order valence-electron chi connectivity index (χ4n) is 3.98. The summed E-state index contributed by atoms with van der Waals surface area (Å²) >= 11 is 0. The summed E-state index contributed by atoms with van der Waals surface area (Å²) in [4.78, 5) is 19.9. The maximum atomic E-state index is 12.7. The number of allylic oxidation sites excluding steroid dienone is 1. The molecular formula is C25H29N3O2. The van der Waals surface area contributed by atoms with E-state index in [0.29, 0.717) is 11.9 Å². The SMILES string of the molecule is CCN(CC)CCCOc1ccc(/C=C2\CCn3c2nc2ccccc2c3=O)cc1. The number of para-hydroxylation sites is 1. The third kappa shape index (κ3) is 4.31. The largest absolute Gasteiger partial charge is 0.494 e. The fourth-order valence-corrected chi connectivity index (χ4v) is 3.98. The number of rotatable bonds is 8. The molecule has 2 aromatic carbocycles. The van der Waals surface area contributed by atoms with Crippen LogP contribution in [0.2, 0.25) is 0 Å². The minimum atomic E-state index is 0.0486. The molecule has 0 radical (unpaired) electrons. The Hall–Kier alpha value is -2.92. The minimum absolute atomic E-state index is 0.0486. The number of aromatic nitrogens is 2. The van der Waals surface area contributed by atoms with Crippen molar-refractivity contribution in [2.45, 2.75) is 33.2 Å². The summed E-state index contributed by atoms with van der Waals surface area (Å²) in [6.07, 6.45) is 3.98. The second-order valence-corrected chi connectivity index (χ2v) is 7.63. The average Bonchev–Trinajstić information content (AvgIpc) is 3.18. The molecular weight excluding hydrogens is 374 g/mol. The van der Waals surface area contributed by atoms with Crippen molar-refractivity contribution < 1.29 is 4.74 Å². The van der Waals surface area contributed by atoms with Crippen LogP contribution in [0.5, 0.6) is 5.75 Å². The first-order valence-corrected chi connectivity index (χ1v) is 10.9. The molecule has 0 spiro atoms. The van der Waals surface area contributed by atoms with E-state index in [-0.39, 0.29) is 5.56 Å². The molecule has 1 aromatic heterocycles. The molecule has 0 saturated heterocycles. The first-order chi connectivity index (χ1) is 14.7. The Morgan fingerprint density at radius 2 is 1.87 bits per heavy atom. The lowest BCUT2D eigenvalue weighted by Crippen LogP contribution is -2.25. The summed E-state index contributed by atoms with van der Waals surface area (Å²) in [5.74, 6) is 1.68. The van der Waals surface area contributed by atoms with Crippen molar-refractivity contribution in [1.82, 2.24) is 14.5 Å². The summed E-state index contributed by atoms with van der Waals surface area (Å²) < 4.78 is 7.68. The first-order valence-electron chi connectivity index (χ1n) is 10.9. The highest BCUT2D eigenvalue weighted by molar-refractivity contribution is 5.84. The van der Waals surface area contributed by atoms with Crippen molar-refractivity contribution in [1.29, 1.82) is 0 Å². The quantitative estimate of drug-likeness (QED) is 0.521. The van der Waals surface area contributed by atoms with Gasteiger partial charge in [0.15, 0.2) is 0 Å². The maximum absolute atomic E-state index is 12.7. The van der Waals surface area contributed by atoms with Crippen LogP contribution in [0.25, 0.3) is 22.6 Å². The molecule has 0 atom stereocenters. The van der Waals surface area contributed by atoms with Crippen molar-refractivity contribution in [3.63, 3.8) is 0 Å². The zero-order valence-corrected chi connectivity index (χ0v) is 17.8. The van der Waals surface area contributed by atoms with E-state index in [1.165, 1.54) is 0 Å². The van der Waals surface area contributed by atoms with E-state index in [9.17, 15) is 4.79 Å². The second-order valence-electron chi connectivity index (χ2n) is 7.63. The molecule has 3 aromatic rings. The molecule has 0 aliphatic carbocycles. The van der Waals surface area contributed by atoms with Gasteiger partial charge in [0, 0.05) is 13.1 Å². The third-order valence-corrected chi connectivity index (χ3v) is 5.76. The zero-order valence-electron chi connectivity index (χ0n) is 17.8. The van der Waals surface area contributed by atoms with E-state index in [4.69, 9.17) is 9.72 Å². The molecule has 0 N–H and O–H groups in total. The van der Waals surface area contributed by atoms with Crippen LogP contribution in [0.3, 0.4) is 0 Å². The topological polar surface area (TPSA) is 47.4 Å². The van der Waals surface area contributed by atoms with Gasteiger partial charge in [-0.15, -0.1) is 0 Å². The zero-order chi connectivity index (χ0) is 20.9. The Bertz CT molecular complexity index is 1100. The van der Waals surface area contributed by atoms with E-state index < -0.39 is 0 Å². The van der Waals surface area contributed by atoms with E-state index >= 15 is 0 Å². The molecule has 0 bridgehead atoms. The average molecular weight is 404 g/mol. The molecule has 0 saturated carbocycles. The summed E-state index contributed by atoms with van der Waals surface area (Å²) in [6.45, 7) is 9.02. The number of benzene rings is 2. The van der Waals surface area contributed by atoms with Gasteiger partial charge in [0.1, 0.15) is 11.6 Å². The van der Waals surface area contributed by atoms with Gasteiger partial charge in [-0.05, 0) is 67.4 Å². The van der Waals surface area contributed by atoms with Gasteiger partial charge in [0.25, 0.3) is 5.56 Å². The van der Waals surface area contributed by atoms with Gasteiger partial charge >= 0.3 is 0 Å². The lowest BCUT2D eigenvalue weighted by atomic mass is 10.1. The van der Waals surface area contributed by atoms with Crippen LogP contribution < -0.4 is 10.3 Å². The Morgan fingerprint density at radius 1 is 1.10 bits per heavy atom. The Morgan fingerprint density at radius 3 is 2.63 bits per heavy atom. The molecule has 156 valence electrons. The lowest BCUT2D eigenvalue weighted by Gasteiger charge is -2.17. The molecule has 0 fully saturated rings. The summed E-state index contributed by atoms with van der Waals surface area (Å²) in [5.41, 5.74) is 3.00. The van der Waals surface area contributed by atoms with Crippen LogP contribution in [0.4, 0.5) is 0 Å². The Balaban J connectivity index is 1.45. The molecule has 30 heavy (non-hydrogen) atoms. The van der Waals surface area contributed by atoms with Crippen molar-refractivity contribution in [3.8, 4) is 5.75 Å². The molecule has 2 heterocycles. The fraction of sp³-hybridized carbons (Fsp3) is 0.360. The number of hydrogen-bond donors (Lipinski definition) is 0. The van der Waals surface area contributed by atoms with Gasteiger partial charge in [-0.25, -0.2) is 4.98 Å². The van der Waals surface area contributed by atoms with E-state index in [1.54, 1.807) is 4.57 Å². The van der Waals surface area contributed by atoms with E-state index in [1.807, 2.05) is 36.4 Å². The monoisotopic (exact) mass is 403 g/mol. The van der Waals surface area contributed by atoms with Crippen LogP contribution in [0.1, 0.15) is 38.1 Å². The molecule has 5 nitrogen and oxygen atoms in total.